The Hall–Kier alpha value is -3.54. The Morgan fingerprint density at radius 2 is 1.52 bits per heavy atom. The molecule has 0 atom stereocenters. The molecule has 0 aromatic heterocycles. The molecule has 3 N–H and O–H groups in total. The zero-order valence-electron chi connectivity index (χ0n) is 15.0. The number of hydrogen-bond acceptors (Lipinski definition) is 6. The highest BCUT2D eigenvalue weighted by atomic mass is 16.3. The lowest BCUT2D eigenvalue weighted by atomic mass is 9.92. The van der Waals surface area contributed by atoms with Crippen molar-refractivity contribution >= 4 is 11.1 Å². The Kier molecular flexibility index (Phi) is 3.59. The SMILES string of the molecule is Cc1cc(O)cc(O)c1-c1c(C)c2nc3c(C)cc(O)cc3oc-2cc1=O. The Morgan fingerprint density at radius 3 is 2.22 bits per heavy atom. The van der Waals surface area contributed by atoms with Gasteiger partial charge < -0.3 is 19.7 Å². The molecule has 0 radical (unpaired) electrons. The van der Waals surface area contributed by atoms with Gasteiger partial charge in [0.15, 0.2) is 16.8 Å². The minimum Gasteiger partial charge on any atom is -0.508 e. The molecule has 2 aromatic rings. The summed E-state index contributed by atoms with van der Waals surface area (Å²) >= 11 is 0. The maximum atomic E-state index is 12.8. The highest BCUT2D eigenvalue weighted by Crippen LogP contribution is 2.39. The Morgan fingerprint density at radius 1 is 0.852 bits per heavy atom. The predicted molar refractivity (Wildman–Crippen MR) is 102 cm³/mol. The van der Waals surface area contributed by atoms with Gasteiger partial charge in [0.25, 0.3) is 0 Å². The highest BCUT2D eigenvalue weighted by Gasteiger charge is 2.23. The van der Waals surface area contributed by atoms with E-state index in [0.717, 1.165) is 5.56 Å². The molecule has 136 valence electrons. The van der Waals surface area contributed by atoms with Crippen molar-refractivity contribution in [1.82, 2.24) is 4.98 Å². The van der Waals surface area contributed by atoms with Gasteiger partial charge in [0.1, 0.15) is 28.5 Å². The molecule has 0 amide bonds. The van der Waals surface area contributed by atoms with Crippen molar-refractivity contribution in [1.29, 1.82) is 0 Å². The van der Waals surface area contributed by atoms with Crippen LogP contribution >= 0.6 is 0 Å². The number of aryl methyl sites for hydroxylation is 2. The highest BCUT2D eigenvalue weighted by molar-refractivity contribution is 5.86. The Balaban J connectivity index is 2.12. The van der Waals surface area contributed by atoms with E-state index in [4.69, 9.17) is 4.42 Å². The number of benzene rings is 3. The van der Waals surface area contributed by atoms with Crippen LogP contribution in [0.15, 0.2) is 39.5 Å². The van der Waals surface area contributed by atoms with Crippen LogP contribution in [0.4, 0.5) is 0 Å². The topological polar surface area (TPSA) is 104 Å². The second kappa shape index (κ2) is 5.74. The van der Waals surface area contributed by atoms with Crippen LogP contribution in [0.2, 0.25) is 0 Å². The van der Waals surface area contributed by atoms with E-state index in [-0.39, 0.29) is 22.7 Å². The standard InChI is InChI=1S/C21H17NO5/c1-9-4-12(23)6-14(25)18(9)19-11(3)21-17(8-15(19)26)27-16-7-13(24)5-10(2)20(16)22-21/h4-8,23-25H,1-3H3. The number of fused-ring (bicyclic) bond motifs is 2. The van der Waals surface area contributed by atoms with Gasteiger partial charge in [-0.15, -0.1) is 0 Å². The average Bonchev–Trinajstić information content (AvgIpc) is 2.55. The fourth-order valence-electron chi connectivity index (χ4n) is 3.53. The number of rotatable bonds is 1. The molecule has 4 rings (SSSR count). The smallest absolute Gasteiger partial charge is 0.190 e. The summed E-state index contributed by atoms with van der Waals surface area (Å²) in [6, 6.07) is 7.07. The third-order valence-corrected chi connectivity index (χ3v) is 4.72. The van der Waals surface area contributed by atoms with Crippen molar-refractivity contribution in [2.45, 2.75) is 20.8 Å². The molecule has 2 aromatic carbocycles. The van der Waals surface area contributed by atoms with Crippen LogP contribution in [0.1, 0.15) is 16.7 Å². The number of phenolic OH excluding ortho intramolecular Hbond substituents is 3. The maximum absolute atomic E-state index is 12.8. The first kappa shape index (κ1) is 16.9. The molecular weight excluding hydrogens is 346 g/mol. The predicted octanol–water partition coefficient (Wildman–Crippen LogP) is 4.00. The number of aromatic hydroxyl groups is 3. The quantitative estimate of drug-likeness (QED) is 0.442. The zero-order valence-corrected chi connectivity index (χ0v) is 15.0. The van der Waals surface area contributed by atoms with Crippen molar-refractivity contribution in [3.63, 3.8) is 0 Å². The van der Waals surface area contributed by atoms with Gasteiger partial charge in [0.05, 0.1) is 0 Å². The fraction of sp³-hybridized carbons (Fsp3) is 0.143. The van der Waals surface area contributed by atoms with Crippen LogP contribution in [-0.2, 0) is 0 Å². The molecule has 0 fully saturated rings. The summed E-state index contributed by atoms with van der Waals surface area (Å²) in [5.41, 5.74) is 3.70. The molecule has 0 bridgehead atoms. The molecule has 27 heavy (non-hydrogen) atoms. The second-order valence-corrected chi connectivity index (χ2v) is 6.70. The van der Waals surface area contributed by atoms with Crippen molar-refractivity contribution < 1.29 is 19.7 Å². The first-order valence-corrected chi connectivity index (χ1v) is 8.37. The molecule has 2 aliphatic rings. The summed E-state index contributed by atoms with van der Waals surface area (Å²) in [7, 11) is 0. The minimum absolute atomic E-state index is 0.0604. The van der Waals surface area contributed by atoms with Gasteiger partial charge in [-0.2, -0.15) is 0 Å². The van der Waals surface area contributed by atoms with E-state index in [0.29, 0.717) is 44.8 Å². The number of phenols is 3. The summed E-state index contributed by atoms with van der Waals surface area (Å²) in [4.78, 5) is 17.5. The lowest BCUT2D eigenvalue weighted by Crippen LogP contribution is -2.10. The first-order valence-electron chi connectivity index (χ1n) is 8.37. The van der Waals surface area contributed by atoms with E-state index in [1.54, 1.807) is 19.9 Å². The van der Waals surface area contributed by atoms with Crippen LogP contribution in [-0.4, -0.2) is 20.3 Å². The van der Waals surface area contributed by atoms with E-state index < -0.39 is 0 Å². The summed E-state index contributed by atoms with van der Waals surface area (Å²) in [6.45, 7) is 5.27. The second-order valence-electron chi connectivity index (χ2n) is 6.70. The molecular formula is C21H17NO5. The van der Waals surface area contributed by atoms with E-state index >= 15 is 0 Å². The molecule has 1 heterocycles. The lowest BCUT2D eigenvalue weighted by Gasteiger charge is -2.16. The minimum atomic E-state index is -0.328. The fourth-order valence-corrected chi connectivity index (χ4v) is 3.53. The largest absolute Gasteiger partial charge is 0.508 e. The van der Waals surface area contributed by atoms with Crippen LogP contribution in [0.25, 0.3) is 33.7 Å². The molecule has 1 aliphatic carbocycles. The normalized spacial score (nSPS) is 11.4. The van der Waals surface area contributed by atoms with E-state index in [9.17, 15) is 20.1 Å². The van der Waals surface area contributed by atoms with Crippen LogP contribution in [0.5, 0.6) is 17.2 Å². The molecule has 6 heteroatoms. The number of nitrogens with zero attached hydrogens (tertiary/aromatic N) is 1. The maximum Gasteiger partial charge on any atom is 0.190 e. The molecule has 0 unspecified atom stereocenters. The van der Waals surface area contributed by atoms with Crippen molar-refractivity contribution in [2.24, 2.45) is 0 Å². The van der Waals surface area contributed by atoms with Crippen LogP contribution in [0.3, 0.4) is 0 Å². The lowest BCUT2D eigenvalue weighted by molar-refractivity contribution is 0.451. The van der Waals surface area contributed by atoms with E-state index in [1.807, 2.05) is 6.92 Å². The van der Waals surface area contributed by atoms with Crippen LogP contribution < -0.4 is 5.43 Å². The van der Waals surface area contributed by atoms with Gasteiger partial charge in [0, 0.05) is 29.3 Å². The van der Waals surface area contributed by atoms with E-state index in [2.05, 4.69) is 4.98 Å². The molecule has 0 saturated heterocycles. The molecule has 6 nitrogen and oxygen atoms in total. The van der Waals surface area contributed by atoms with Gasteiger partial charge in [-0.05, 0) is 49.6 Å². The van der Waals surface area contributed by atoms with Gasteiger partial charge in [-0.1, -0.05) is 0 Å². The van der Waals surface area contributed by atoms with Gasteiger partial charge >= 0.3 is 0 Å². The van der Waals surface area contributed by atoms with Crippen LogP contribution in [0, 0.1) is 20.8 Å². The summed E-state index contributed by atoms with van der Waals surface area (Å²) in [5, 5.41) is 29.8. The van der Waals surface area contributed by atoms with Gasteiger partial charge in [0.2, 0.25) is 0 Å². The molecule has 1 aliphatic heterocycles. The monoisotopic (exact) mass is 363 g/mol. The molecule has 0 saturated carbocycles. The first-order chi connectivity index (χ1) is 12.8. The van der Waals surface area contributed by atoms with Gasteiger partial charge in [-0.25, -0.2) is 4.98 Å². The Bertz CT molecular complexity index is 1230. The Labute approximate surface area is 154 Å². The number of aromatic nitrogens is 1. The average molecular weight is 363 g/mol. The van der Waals surface area contributed by atoms with E-state index in [1.165, 1.54) is 24.3 Å². The summed E-state index contributed by atoms with van der Waals surface area (Å²) < 4.78 is 5.81. The van der Waals surface area contributed by atoms with Crippen molar-refractivity contribution in [3.05, 3.63) is 57.2 Å². The summed E-state index contributed by atoms with van der Waals surface area (Å²) in [6.07, 6.45) is 0. The third kappa shape index (κ3) is 2.57. The van der Waals surface area contributed by atoms with Crippen molar-refractivity contribution in [3.8, 4) is 39.8 Å². The zero-order chi connectivity index (χ0) is 19.5. The number of hydrogen-bond donors (Lipinski definition) is 3. The van der Waals surface area contributed by atoms with Gasteiger partial charge in [-0.3, -0.25) is 4.79 Å². The summed E-state index contributed by atoms with van der Waals surface area (Å²) in [5.74, 6) is 0.111. The molecule has 0 spiro atoms. The third-order valence-electron chi connectivity index (χ3n) is 4.72. The van der Waals surface area contributed by atoms with Crippen molar-refractivity contribution in [2.75, 3.05) is 0 Å².